The third-order valence-corrected chi connectivity index (χ3v) is 4.73. The minimum Gasteiger partial charge on any atom is -0.329 e. The lowest BCUT2D eigenvalue weighted by Gasteiger charge is -2.28. The van der Waals surface area contributed by atoms with Crippen molar-refractivity contribution in [2.45, 2.75) is 52.0 Å². The topological polar surface area (TPSA) is 33.6 Å². The van der Waals surface area contributed by atoms with Gasteiger partial charge in [0.15, 0.2) is 10.4 Å². The quantitative estimate of drug-likeness (QED) is 0.816. The molecule has 4 heteroatoms. The summed E-state index contributed by atoms with van der Waals surface area (Å²) >= 11 is 5.51. The van der Waals surface area contributed by atoms with Gasteiger partial charge in [0.2, 0.25) is 0 Å². The Morgan fingerprint density at radius 3 is 2.84 bits per heavy atom. The van der Waals surface area contributed by atoms with Crippen LogP contribution in [0.2, 0.25) is 0 Å². The van der Waals surface area contributed by atoms with E-state index in [4.69, 9.17) is 12.2 Å². The minimum absolute atomic E-state index is 0.441. The van der Waals surface area contributed by atoms with E-state index >= 15 is 0 Å². The summed E-state index contributed by atoms with van der Waals surface area (Å²) in [4.78, 5) is 7.89. The van der Waals surface area contributed by atoms with E-state index in [1.165, 1.54) is 37.7 Å². The summed E-state index contributed by atoms with van der Waals surface area (Å²) in [5.74, 6) is 0.738. The van der Waals surface area contributed by atoms with Gasteiger partial charge in [0, 0.05) is 12.2 Å². The molecule has 1 saturated carbocycles. The van der Waals surface area contributed by atoms with Crippen molar-refractivity contribution in [2.75, 3.05) is 0 Å². The molecule has 102 valence electrons. The first-order valence-corrected chi connectivity index (χ1v) is 7.64. The maximum atomic E-state index is 5.51. The first-order chi connectivity index (χ1) is 9.16. The van der Waals surface area contributed by atoms with Gasteiger partial charge in [-0.05, 0) is 56.5 Å². The zero-order valence-corrected chi connectivity index (χ0v) is 12.5. The molecule has 1 unspecified atom stereocenters. The first-order valence-electron chi connectivity index (χ1n) is 7.23. The molecule has 1 aliphatic carbocycles. The van der Waals surface area contributed by atoms with Gasteiger partial charge in [-0.2, -0.15) is 0 Å². The second-order valence-corrected chi connectivity index (χ2v) is 6.21. The van der Waals surface area contributed by atoms with Crippen LogP contribution in [-0.2, 0) is 0 Å². The van der Waals surface area contributed by atoms with E-state index in [1.807, 2.05) is 6.20 Å². The van der Waals surface area contributed by atoms with Crippen LogP contribution in [0.25, 0.3) is 11.2 Å². The molecular formula is C15H21N3S. The van der Waals surface area contributed by atoms with Gasteiger partial charge in [-0.3, -0.25) is 4.57 Å². The summed E-state index contributed by atoms with van der Waals surface area (Å²) in [6.45, 7) is 4.35. The molecule has 19 heavy (non-hydrogen) atoms. The summed E-state index contributed by atoms with van der Waals surface area (Å²) in [5.41, 5.74) is 3.24. The fraction of sp³-hybridized carbons (Fsp3) is 0.600. The highest BCUT2D eigenvalue weighted by atomic mass is 32.1. The molecule has 3 nitrogen and oxygen atoms in total. The number of H-pyrrole nitrogens is 1. The van der Waals surface area contributed by atoms with Crippen LogP contribution >= 0.6 is 12.2 Å². The predicted octanol–water partition coefficient (Wildman–Crippen LogP) is 4.54. The maximum Gasteiger partial charge on any atom is 0.179 e. The molecule has 0 aromatic carbocycles. The fourth-order valence-electron chi connectivity index (χ4n) is 3.32. The van der Waals surface area contributed by atoms with Crippen LogP contribution in [0.4, 0.5) is 0 Å². The van der Waals surface area contributed by atoms with Crippen LogP contribution in [0.3, 0.4) is 0 Å². The van der Waals surface area contributed by atoms with Gasteiger partial charge in [-0.1, -0.05) is 19.3 Å². The number of aryl methyl sites for hydroxylation is 1. The normalized spacial score (nSPS) is 18.8. The van der Waals surface area contributed by atoms with Gasteiger partial charge in [-0.15, -0.1) is 0 Å². The number of fused-ring (bicyclic) bond motifs is 1. The summed E-state index contributed by atoms with van der Waals surface area (Å²) in [6.07, 6.45) is 8.67. The van der Waals surface area contributed by atoms with E-state index in [0.29, 0.717) is 6.04 Å². The standard InChI is InChI=1S/C15H21N3S/c1-10-8-13-14(16-9-10)18(15(19)17-13)11(2)12-6-4-3-5-7-12/h8-9,11-12H,3-7H2,1-2H3,(H,17,19). The Bertz CT molecular complexity index is 634. The van der Waals surface area contributed by atoms with Crippen LogP contribution in [0.5, 0.6) is 0 Å². The Morgan fingerprint density at radius 2 is 2.11 bits per heavy atom. The predicted molar refractivity (Wildman–Crippen MR) is 80.9 cm³/mol. The number of nitrogens with one attached hydrogen (secondary N) is 1. The molecule has 2 heterocycles. The van der Waals surface area contributed by atoms with Gasteiger partial charge in [0.05, 0.1) is 5.52 Å². The second kappa shape index (κ2) is 5.08. The lowest BCUT2D eigenvalue weighted by molar-refractivity contribution is 0.265. The average Bonchev–Trinajstić information content (AvgIpc) is 2.74. The fourth-order valence-corrected chi connectivity index (χ4v) is 3.69. The molecule has 0 spiro atoms. The second-order valence-electron chi connectivity index (χ2n) is 5.82. The number of rotatable bonds is 2. The summed E-state index contributed by atoms with van der Waals surface area (Å²) in [7, 11) is 0. The number of pyridine rings is 1. The molecule has 0 aliphatic heterocycles. The average molecular weight is 275 g/mol. The third kappa shape index (κ3) is 2.34. The van der Waals surface area contributed by atoms with Crippen LogP contribution in [0.1, 0.15) is 50.6 Å². The molecular weight excluding hydrogens is 254 g/mol. The van der Waals surface area contributed by atoms with Crippen molar-refractivity contribution in [3.05, 3.63) is 22.6 Å². The number of aromatic amines is 1. The molecule has 0 radical (unpaired) electrons. The highest BCUT2D eigenvalue weighted by Crippen LogP contribution is 2.34. The summed E-state index contributed by atoms with van der Waals surface area (Å²) in [6, 6.07) is 2.57. The zero-order chi connectivity index (χ0) is 13.4. The number of imidazole rings is 1. The molecule has 1 aliphatic rings. The molecule has 2 aromatic rings. The number of nitrogens with zero attached hydrogens (tertiary/aromatic N) is 2. The lowest BCUT2D eigenvalue weighted by atomic mass is 9.84. The van der Waals surface area contributed by atoms with Crippen molar-refractivity contribution in [1.82, 2.24) is 14.5 Å². The van der Waals surface area contributed by atoms with Gasteiger partial charge < -0.3 is 4.98 Å². The Kier molecular flexibility index (Phi) is 3.44. The summed E-state index contributed by atoms with van der Waals surface area (Å²) < 4.78 is 3.03. The molecule has 0 bridgehead atoms. The van der Waals surface area contributed by atoms with Gasteiger partial charge in [0.1, 0.15) is 0 Å². The maximum absolute atomic E-state index is 5.51. The van der Waals surface area contributed by atoms with E-state index in [9.17, 15) is 0 Å². The minimum atomic E-state index is 0.441. The largest absolute Gasteiger partial charge is 0.329 e. The highest BCUT2D eigenvalue weighted by Gasteiger charge is 2.23. The van der Waals surface area contributed by atoms with Crippen molar-refractivity contribution < 1.29 is 0 Å². The van der Waals surface area contributed by atoms with Crippen LogP contribution in [0, 0.1) is 17.6 Å². The van der Waals surface area contributed by atoms with Crippen LogP contribution in [-0.4, -0.2) is 14.5 Å². The van der Waals surface area contributed by atoms with Crippen molar-refractivity contribution in [2.24, 2.45) is 5.92 Å². The first kappa shape index (κ1) is 12.9. The van der Waals surface area contributed by atoms with Crippen LogP contribution < -0.4 is 0 Å². The lowest BCUT2D eigenvalue weighted by Crippen LogP contribution is -2.19. The smallest absolute Gasteiger partial charge is 0.179 e. The zero-order valence-electron chi connectivity index (χ0n) is 11.6. The van der Waals surface area contributed by atoms with Crippen LogP contribution in [0.15, 0.2) is 12.3 Å². The third-order valence-electron chi connectivity index (χ3n) is 4.43. The monoisotopic (exact) mass is 275 g/mol. The molecule has 2 aromatic heterocycles. The summed E-state index contributed by atoms with van der Waals surface area (Å²) in [5, 5.41) is 0. The van der Waals surface area contributed by atoms with Gasteiger partial charge in [0.25, 0.3) is 0 Å². The molecule has 3 rings (SSSR count). The van der Waals surface area contributed by atoms with E-state index < -0.39 is 0 Å². The van der Waals surface area contributed by atoms with E-state index in [2.05, 4.69) is 34.4 Å². The molecule has 0 saturated heterocycles. The molecule has 0 amide bonds. The Morgan fingerprint density at radius 1 is 1.37 bits per heavy atom. The van der Waals surface area contributed by atoms with E-state index in [-0.39, 0.29) is 0 Å². The highest BCUT2D eigenvalue weighted by molar-refractivity contribution is 7.71. The number of hydrogen-bond donors (Lipinski definition) is 1. The molecule has 1 N–H and O–H groups in total. The Labute approximate surface area is 119 Å². The van der Waals surface area contributed by atoms with Crippen molar-refractivity contribution in [1.29, 1.82) is 0 Å². The van der Waals surface area contributed by atoms with Crippen molar-refractivity contribution >= 4 is 23.4 Å². The van der Waals surface area contributed by atoms with Gasteiger partial charge >= 0.3 is 0 Å². The van der Waals surface area contributed by atoms with E-state index in [1.54, 1.807) is 0 Å². The Hall–Kier alpha value is -1.16. The van der Waals surface area contributed by atoms with Gasteiger partial charge in [-0.25, -0.2) is 4.98 Å². The van der Waals surface area contributed by atoms with Crippen molar-refractivity contribution in [3.8, 4) is 0 Å². The molecule has 1 fully saturated rings. The number of hydrogen-bond acceptors (Lipinski definition) is 2. The number of aromatic nitrogens is 3. The Balaban J connectivity index is 2.03. The van der Waals surface area contributed by atoms with E-state index in [0.717, 1.165) is 21.9 Å². The SMILES string of the molecule is Cc1cnc2c(c1)[nH]c(=S)n2C(C)C1CCCCC1. The van der Waals surface area contributed by atoms with Crippen molar-refractivity contribution in [3.63, 3.8) is 0 Å². The molecule has 1 atom stereocenters.